The summed E-state index contributed by atoms with van der Waals surface area (Å²) in [5, 5.41) is 8.81. The van der Waals surface area contributed by atoms with E-state index in [0.717, 1.165) is 5.75 Å². The molecular formula is C9H20N2O2S. The van der Waals surface area contributed by atoms with Gasteiger partial charge in [-0.1, -0.05) is 20.8 Å². The number of aliphatic hydroxyl groups is 1. The Morgan fingerprint density at radius 2 is 2.21 bits per heavy atom. The molecule has 84 valence electrons. The molecular weight excluding hydrogens is 200 g/mol. The molecule has 1 atom stereocenters. The standard InChI is InChI=1S/C9H20N2O2S/c1-7(4-12)5-14-6-9(2,3)8(13)11-10/h7,12H,4-6,10H2,1-3H3,(H,11,13). The van der Waals surface area contributed by atoms with Gasteiger partial charge in [-0.15, -0.1) is 0 Å². The zero-order valence-electron chi connectivity index (χ0n) is 9.04. The van der Waals surface area contributed by atoms with Crippen LogP contribution < -0.4 is 11.3 Å². The van der Waals surface area contributed by atoms with Gasteiger partial charge in [-0.2, -0.15) is 11.8 Å². The highest BCUT2D eigenvalue weighted by Gasteiger charge is 2.26. The molecule has 14 heavy (non-hydrogen) atoms. The summed E-state index contributed by atoms with van der Waals surface area (Å²) < 4.78 is 0. The minimum Gasteiger partial charge on any atom is -0.396 e. The fourth-order valence-corrected chi connectivity index (χ4v) is 2.10. The van der Waals surface area contributed by atoms with E-state index >= 15 is 0 Å². The lowest BCUT2D eigenvalue weighted by Crippen LogP contribution is -2.42. The summed E-state index contributed by atoms with van der Waals surface area (Å²) in [7, 11) is 0. The van der Waals surface area contributed by atoms with Crippen molar-refractivity contribution in [2.75, 3.05) is 18.1 Å². The molecule has 0 heterocycles. The molecule has 0 spiro atoms. The SMILES string of the molecule is CC(CO)CSCC(C)(C)C(=O)NN. The number of thioether (sulfide) groups is 1. The predicted molar refractivity (Wildman–Crippen MR) is 59.7 cm³/mol. The van der Waals surface area contributed by atoms with Crippen LogP contribution in [0.2, 0.25) is 0 Å². The minimum absolute atomic E-state index is 0.151. The van der Waals surface area contributed by atoms with Gasteiger partial charge in [-0.25, -0.2) is 5.84 Å². The van der Waals surface area contributed by atoms with Gasteiger partial charge in [0.1, 0.15) is 0 Å². The zero-order valence-corrected chi connectivity index (χ0v) is 9.86. The first-order chi connectivity index (χ1) is 6.44. The predicted octanol–water partition coefficient (Wildman–Crippen LogP) is 0.364. The highest BCUT2D eigenvalue weighted by atomic mass is 32.2. The lowest BCUT2D eigenvalue weighted by Gasteiger charge is -2.22. The molecule has 0 aromatic carbocycles. The van der Waals surface area contributed by atoms with Gasteiger partial charge in [-0.3, -0.25) is 10.2 Å². The van der Waals surface area contributed by atoms with Crippen LogP contribution in [0.5, 0.6) is 0 Å². The van der Waals surface area contributed by atoms with Crippen molar-refractivity contribution < 1.29 is 9.90 Å². The number of nitrogens with one attached hydrogen (secondary N) is 1. The fourth-order valence-electron chi connectivity index (χ4n) is 0.829. The van der Waals surface area contributed by atoms with Crippen molar-refractivity contribution in [2.45, 2.75) is 20.8 Å². The maximum absolute atomic E-state index is 11.3. The van der Waals surface area contributed by atoms with E-state index in [1.54, 1.807) is 11.8 Å². The Morgan fingerprint density at radius 3 is 2.64 bits per heavy atom. The Bertz CT molecular complexity index is 186. The molecule has 5 heteroatoms. The highest BCUT2D eigenvalue weighted by molar-refractivity contribution is 7.99. The van der Waals surface area contributed by atoms with Crippen molar-refractivity contribution in [3.05, 3.63) is 0 Å². The number of rotatable bonds is 6. The van der Waals surface area contributed by atoms with E-state index < -0.39 is 5.41 Å². The molecule has 4 nitrogen and oxygen atoms in total. The van der Waals surface area contributed by atoms with E-state index in [0.29, 0.717) is 5.75 Å². The first-order valence-corrected chi connectivity index (χ1v) is 5.79. The van der Waals surface area contributed by atoms with Crippen LogP contribution in [-0.4, -0.2) is 29.1 Å². The first-order valence-electron chi connectivity index (χ1n) is 4.63. The number of carbonyl (C=O) groups is 1. The quantitative estimate of drug-likeness (QED) is 0.343. The van der Waals surface area contributed by atoms with Gasteiger partial charge < -0.3 is 5.11 Å². The van der Waals surface area contributed by atoms with Crippen molar-refractivity contribution in [2.24, 2.45) is 17.2 Å². The lowest BCUT2D eigenvalue weighted by molar-refractivity contribution is -0.128. The number of amides is 1. The third kappa shape index (κ3) is 4.83. The van der Waals surface area contributed by atoms with E-state index in [2.05, 4.69) is 5.43 Å². The van der Waals surface area contributed by atoms with Gasteiger partial charge >= 0.3 is 0 Å². The Morgan fingerprint density at radius 1 is 1.64 bits per heavy atom. The maximum Gasteiger partial charge on any atom is 0.240 e. The Balaban J connectivity index is 3.82. The molecule has 0 aliphatic heterocycles. The number of hydrogen-bond acceptors (Lipinski definition) is 4. The Hall–Kier alpha value is -0.260. The van der Waals surface area contributed by atoms with E-state index in [1.165, 1.54) is 0 Å². The van der Waals surface area contributed by atoms with Crippen LogP contribution in [0, 0.1) is 11.3 Å². The third-order valence-corrected chi connectivity index (χ3v) is 3.65. The summed E-state index contributed by atoms with van der Waals surface area (Å²) in [6, 6.07) is 0. The summed E-state index contributed by atoms with van der Waals surface area (Å²) >= 11 is 1.66. The largest absolute Gasteiger partial charge is 0.396 e. The van der Waals surface area contributed by atoms with Crippen LogP contribution in [0.25, 0.3) is 0 Å². The minimum atomic E-state index is -0.450. The fraction of sp³-hybridized carbons (Fsp3) is 0.889. The van der Waals surface area contributed by atoms with Gasteiger partial charge in [0.25, 0.3) is 0 Å². The molecule has 0 aromatic heterocycles. The third-order valence-electron chi connectivity index (χ3n) is 1.92. The van der Waals surface area contributed by atoms with Crippen LogP contribution in [0.15, 0.2) is 0 Å². The molecule has 1 amide bonds. The number of carbonyl (C=O) groups excluding carboxylic acids is 1. The van der Waals surface area contributed by atoms with Crippen molar-refractivity contribution in [3.63, 3.8) is 0 Å². The van der Waals surface area contributed by atoms with Gasteiger partial charge in [0.15, 0.2) is 0 Å². The van der Waals surface area contributed by atoms with Gasteiger partial charge in [0, 0.05) is 12.4 Å². The second-order valence-electron chi connectivity index (χ2n) is 4.16. The number of nitrogens with two attached hydrogens (primary N) is 1. The van der Waals surface area contributed by atoms with E-state index in [-0.39, 0.29) is 18.4 Å². The zero-order chi connectivity index (χ0) is 11.2. The molecule has 0 bridgehead atoms. The van der Waals surface area contributed by atoms with Crippen LogP contribution in [0.3, 0.4) is 0 Å². The van der Waals surface area contributed by atoms with Crippen molar-refractivity contribution in [1.82, 2.24) is 5.43 Å². The van der Waals surface area contributed by atoms with E-state index in [1.807, 2.05) is 20.8 Å². The second-order valence-corrected chi connectivity index (χ2v) is 5.19. The maximum atomic E-state index is 11.3. The molecule has 0 aliphatic rings. The molecule has 0 rings (SSSR count). The summed E-state index contributed by atoms with van der Waals surface area (Å²) in [6.07, 6.45) is 0. The molecule has 0 saturated carbocycles. The number of hydrazine groups is 1. The number of aliphatic hydroxyl groups excluding tert-OH is 1. The highest BCUT2D eigenvalue weighted by Crippen LogP contribution is 2.23. The van der Waals surface area contributed by atoms with Crippen molar-refractivity contribution in [3.8, 4) is 0 Å². The van der Waals surface area contributed by atoms with Crippen molar-refractivity contribution >= 4 is 17.7 Å². The van der Waals surface area contributed by atoms with Crippen LogP contribution in [0.1, 0.15) is 20.8 Å². The van der Waals surface area contributed by atoms with E-state index in [4.69, 9.17) is 10.9 Å². The summed E-state index contributed by atoms with van der Waals surface area (Å²) in [4.78, 5) is 11.3. The van der Waals surface area contributed by atoms with Crippen LogP contribution >= 0.6 is 11.8 Å². The average molecular weight is 220 g/mol. The van der Waals surface area contributed by atoms with E-state index in [9.17, 15) is 4.79 Å². The Labute approximate surface area is 89.6 Å². The van der Waals surface area contributed by atoms with Gasteiger partial charge in [0.2, 0.25) is 5.91 Å². The smallest absolute Gasteiger partial charge is 0.240 e. The molecule has 0 radical (unpaired) electrons. The topological polar surface area (TPSA) is 75.3 Å². The second kappa shape index (κ2) is 6.27. The van der Waals surface area contributed by atoms with Gasteiger partial charge in [-0.05, 0) is 11.7 Å². The monoisotopic (exact) mass is 220 g/mol. The first kappa shape index (κ1) is 13.7. The molecule has 0 aromatic rings. The normalized spacial score (nSPS) is 13.8. The van der Waals surface area contributed by atoms with Gasteiger partial charge in [0.05, 0.1) is 5.41 Å². The van der Waals surface area contributed by atoms with Crippen molar-refractivity contribution in [1.29, 1.82) is 0 Å². The molecule has 1 unspecified atom stereocenters. The summed E-state index contributed by atoms with van der Waals surface area (Å²) in [5.74, 6) is 6.76. The molecule has 4 N–H and O–H groups in total. The lowest BCUT2D eigenvalue weighted by atomic mass is 9.96. The summed E-state index contributed by atoms with van der Waals surface area (Å²) in [5.41, 5.74) is 1.71. The summed E-state index contributed by atoms with van der Waals surface area (Å²) in [6.45, 7) is 5.87. The average Bonchev–Trinajstić information content (AvgIpc) is 2.15. The molecule has 0 aliphatic carbocycles. The molecule has 0 saturated heterocycles. The van der Waals surface area contributed by atoms with Crippen LogP contribution in [0.4, 0.5) is 0 Å². The number of hydrogen-bond donors (Lipinski definition) is 3. The Kier molecular flexibility index (Phi) is 6.15. The molecule has 0 fully saturated rings. The van der Waals surface area contributed by atoms with Crippen LogP contribution in [-0.2, 0) is 4.79 Å².